The Bertz CT molecular complexity index is 564. The summed E-state index contributed by atoms with van der Waals surface area (Å²) in [6.07, 6.45) is 0. The van der Waals surface area contributed by atoms with Gasteiger partial charge >= 0.3 is 0 Å². The number of hydrogen-bond donors (Lipinski definition) is 1. The van der Waals surface area contributed by atoms with Gasteiger partial charge in [0.15, 0.2) is 0 Å². The average Bonchev–Trinajstić information content (AvgIpc) is 2.28. The molecular weight excluding hydrogens is 201 g/mol. The van der Waals surface area contributed by atoms with Crippen molar-refractivity contribution in [2.24, 2.45) is 0 Å². The van der Waals surface area contributed by atoms with E-state index in [0.717, 1.165) is 5.56 Å². The first kappa shape index (κ1) is 10.3. The topological polar surface area (TPSA) is 26.0 Å². The van der Waals surface area contributed by atoms with E-state index in [-0.39, 0.29) is 5.82 Å². The molecule has 0 heterocycles. The van der Waals surface area contributed by atoms with Gasteiger partial charge in [-0.2, -0.15) is 0 Å². The van der Waals surface area contributed by atoms with Crippen LogP contribution in [0.15, 0.2) is 48.5 Å². The van der Waals surface area contributed by atoms with E-state index in [2.05, 4.69) is 11.8 Å². The number of benzene rings is 2. The molecule has 0 amide bonds. The normalized spacial score (nSPS) is 9.31. The minimum atomic E-state index is -0.284. The molecule has 2 rings (SSSR count). The Balaban J connectivity index is 2.32. The predicted molar refractivity (Wildman–Crippen MR) is 63.2 cm³/mol. The van der Waals surface area contributed by atoms with Crippen LogP contribution in [0.1, 0.15) is 11.1 Å². The van der Waals surface area contributed by atoms with Crippen molar-refractivity contribution in [3.8, 4) is 11.8 Å². The quantitative estimate of drug-likeness (QED) is 0.526. The van der Waals surface area contributed by atoms with Gasteiger partial charge in [0, 0.05) is 16.8 Å². The van der Waals surface area contributed by atoms with Crippen LogP contribution >= 0.6 is 0 Å². The van der Waals surface area contributed by atoms with Crippen LogP contribution in [-0.2, 0) is 0 Å². The second-order valence-corrected chi connectivity index (χ2v) is 3.35. The van der Waals surface area contributed by atoms with Crippen molar-refractivity contribution < 1.29 is 4.39 Å². The third-order valence-corrected chi connectivity index (χ3v) is 2.13. The van der Waals surface area contributed by atoms with Gasteiger partial charge in [0.25, 0.3) is 0 Å². The van der Waals surface area contributed by atoms with Crippen LogP contribution in [0.2, 0.25) is 0 Å². The maximum Gasteiger partial charge on any atom is 0.124 e. The number of nitrogens with two attached hydrogens (primary N) is 1. The first-order valence-corrected chi connectivity index (χ1v) is 4.88. The molecule has 0 atom stereocenters. The molecule has 1 nitrogen and oxygen atoms in total. The largest absolute Gasteiger partial charge is 0.398 e. The molecule has 0 unspecified atom stereocenters. The molecule has 16 heavy (non-hydrogen) atoms. The van der Waals surface area contributed by atoms with Crippen LogP contribution in [0.4, 0.5) is 10.1 Å². The van der Waals surface area contributed by atoms with Gasteiger partial charge in [0.1, 0.15) is 5.82 Å². The Labute approximate surface area is 93.7 Å². The maximum atomic E-state index is 12.9. The van der Waals surface area contributed by atoms with Crippen molar-refractivity contribution in [3.63, 3.8) is 0 Å². The molecule has 2 N–H and O–H groups in total. The van der Waals surface area contributed by atoms with Crippen LogP contribution in [0, 0.1) is 17.7 Å². The Hall–Kier alpha value is -2.27. The van der Waals surface area contributed by atoms with Crippen LogP contribution in [-0.4, -0.2) is 0 Å². The summed E-state index contributed by atoms with van der Waals surface area (Å²) in [5, 5.41) is 0. The van der Waals surface area contributed by atoms with E-state index in [1.165, 1.54) is 12.1 Å². The highest BCUT2D eigenvalue weighted by atomic mass is 19.1. The zero-order valence-corrected chi connectivity index (χ0v) is 8.57. The van der Waals surface area contributed by atoms with E-state index in [1.54, 1.807) is 18.2 Å². The Morgan fingerprint density at radius 1 is 0.938 bits per heavy atom. The lowest BCUT2D eigenvalue weighted by Gasteiger charge is -1.95. The van der Waals surface area contributed by atoms with Crippen molar-refractivity contribution in [2.75, 3.05) is 5.73 Å². The first-order valence-electron chi connectivity index (χ1n) is 4.88. The molecule has 0 radical (unpaired) electrons. The first-order chi connectivity index (χ1) is 7.75. The van der Waals surface area contributed by atoms with Gasteiger partial charge in [-0.05, 0) is 30.3 Å². The minimum Gasteiger partial charge on any atom is -0.398 e. The molecule has 0 aliphatic carbocycles. The zero-order valence-electron chi connectivity index (χ0n) is 8.57. The summed E-state index contributed by atoms with van der Waals surface area (Å²) >= 11 is 0. The highest BCUT2D eigenvalue weighted by molar-refractivity contribution is 5.57. The lowest BCUT2D eigenvalue weighted by atomic mass is 10.1. The summed E-state index contributed by atoms with van der Waals surface area (Å²) in [7, 11) is 0. The molecular formula is C14H10FN. The van der Waals surface area contributed by atoms with E-state index < -0.39 is 0 Å². The van der Waals surface area contributed by atoms with Crippen LogP contribution < -0.4 is 5.73 Å². The number of anilines is 1. The molecule has 2 aromatic carbocycles. The molecule has 0 fully saturated rings. The number of rotatable bonds is 0. The second kappa shape index (κ2) is 4.50. The number of para-hydroxylation sites is 1. The number of nitrogen functional groups attached to an aromatic ring is 1. The maximum absolute atomic E-state index is 12.9. The lowest BCUT2D eigenvalue weighted by molar-refractivity contribution is 0.627. The van der Waals surface area contributed by atoms with Gasteiger partial charge in [-0.25, -0.2) is 4.39 Å². The summed E-state index contributed by atoms with van der Waals surface area (Å²) in [5.74, 6) is 5.50. The highest BCUT2D eigenvalue weighted by Gasteiger charge is 1.93. The average molecular weight is 211 g/mol. The summed E-state index contributed by atoms with van der Waals surface area (Å²) in [4.78, 5) is 0. The van der Waals surface area contributed by atoms with Gasteiger partial charge in [0.2, 0.25) is 0 Å². The minimum absolute atomic E-state index is 0.284. The van der Waals surface area contributed by atoms with E-state index in [0.29, 0.717) is 11.3 Å². The Morgan fingerprint density at radius 2 is 1.75 bits per heavy atom. The van der Waals surface area contributed by atoms with Gasteiger partial charge in [-0.3, -0.25) is 0 Å². The summed E-state index contributed by atoms with van der Waals surface area (Å²) in [6.45, 7) is 0. The summed E-state index contributed by atoms with van der Waals surface area (Å²) in [6, 6.07) is 13.5. The fraction of sp³-hybridized carbons (Fsp3) is 0. The molecule has 78 valence electrons. The fourth-order valence-corrected chi connectivity index (χ4v) is 1.32. The Morgan fingerprint density at radius 3 is 2.50 bits per heavy atom. The number of halogens is 1. The van der Waals surface area contributed by atoms with E-state index in [9.17, 15) is 4.39 Å². The molecule has 0 bridgehead atoms. The summed E-state index contributed by atoms with van der Waals surface area (Å²) < 4.78 is 12.9. The van der Waals surface area contributed by atoms with E-state index in [1.807, 2.05) is 18.2 Å². The van der Waals surface area contributed by atoms with Crippen LogP contribution in [0.25, 0.3) is 0 Å². The molecule has 0 saturated carbocycles. The highest BCUT2D eigenvalue weighted by Crippen LogP contribution is 2.09. The smallest absolute Gasteiger partial charge is 0.124 e. The SMILES string of the molecule is Nc1ccccc1C#Cc1cccc(F)c1. The zero-order chi connectivity index (χ0) is 11.4. The molecule has 2 aromatic rings. The number of hydrogen-bond acceptors (Lipinski definition) is 1. The van der Waals surface area contributed by atoms with E-state index >= 15 is 0 Å². The summed E-state index contributed by atoms with van der Waals surface area (Å²) in [5.41, 5.74) is 7.77. The predicted octanol–water partition coefficient (Wildman–Crippen LogP) is 2.81. The van der Waals surface area contributed by atoms with Gasteiger partial charge < -0.3 is 5.73 Å². The van der Waals surface area contributed by atoms with Gasteiger partial charge in [0.05, 0.1) is 0 Å². The molecule has 0 aromatic heterocycles. The standard InChI is InChI=1S/C14H10FN/c15-13-6-3-4-11(10-13)8-9-12-5-1-2-7-14(12)16/h1-7,10H,16H2. The van der Waals surface area contributed by atoms with Gasteiger partial charge in [-0.15, -0.1) is 0 Å². The third kappa shape index (κ3) is 2.40. The van der Waals surface area contributed by atoms with Crippen molar-refractivity contribution in [1.82, 2.24) is 0 Å². The van der Waals surface area contributed by atoms with E-state index in [4.69, 9.17) is 5.73 Å². The van der Waals surface area contributed by atoms with Crippen LogP contribution in [0.3, 0.4) is 0 Å². The fourth-order valence-electron chi connectivity index (χ4n) is 1.32. The molecule has 0 aliphatic heterocycles. The lowest BCUT2D eigenvalue weighted by Crippen LogP contribution is -1.88. The molecule has 0 saturated heterocycles. The molecule has 0 aliphatic rings. The monoisotopic (exact) mass is 211 g/mol. The van der Waals surface area contributed by atoms with Crippen molar-refractivity contribution in [3.05, 3.63) is 65.5 Å². The Kier molecular flexibility index (Phi) is 2.88. The molecule has 2 heteroatoms. The van der Waals surface area contributed by atoms with Gasteiger partial charge in [-0.1, -0.05) is 30.0 Å². The van der Waals surface area contributed by atoms with Crippen LogP contribution in [0.5, 0.6) is 0 Å². The third-order valence-electron chi connectivity index (χ3n) is 2.13. The molecule has 0 spiro atoms. The van der Waals surface area contributed by atoms with Crippen molar-refractivity contribution in [2.45, 2.75) is 0 Å². The second-order valence-electron chi connectivity index (χ2n) is 3.35. The van der Waals surface area contributed by atoms with Crippen molar-refractivity contribution in [1.29, 1.82) is 0 Å². The van der Waals surface area contributed by atoms with Crippen molar-refractivity contribution >= 4 is 5.69 Å².